The monoisotopic (exact) mass is 309 g/mol. The highest BCUT2D eigenvalue weighted by Gasteiger charge is 2.41. The fraction of sp³-hybridized carbons (Fsp3) is 0.214. The van der Waals surface area contributed by atoms with Gasteiger partial charge in [-0.05, 0) is 30.8 Å². The van der Waals surface area contributed by atoms with Crippen LogP contribution in [-0.4, -0.2) is 35.2 Å². The molecule has 21 heavy (non-hydrogen) atoms. The van der Waals surface area contributed by atoms with E-state index in [0.29, 0.717) is 11.8 Å². The van der Waals surface area contributed by atoms with Crippen molar-refractivity contribution in [2.75, 3.05) is 7.11 Å². The van der Waals surface area contributed by atoms with Crippen LogP contribution in [-0.2, 0) is 14.3 Å². The van der Waals surface area contributed by atoms with Crippen LogP contribution in [0.15, 0.2) is 29.2 Å². The number of thioether (sulfide) groups is 1. The van der Waals surface area contributed by atoms with Crippen molar-refractivity contribution in [3.05, 3.63) is 40.6 Å². The van der Waals surface area contributed by atoms with Crippen molar-refractivity contribution in [1.82, 2.24) is 4.90 Å². The van der Waals surface area contributed by atoms with Crippen LogP contribution < -0.4 is 0 Å². The summed E-state index contributed by atoms with van der Waals surface area (Å²) in [6.07, 6.45) is 1.30. The molecule has 1 heterocycles. The number of benzene rings is 1. The number of hydrogen-bond donors (Lipinski definition) is 0. The van der Waals surface area contributed by atoms with Gasteiger partial charge in [0.2, 0.25) is 0 Å². The van der Waals surface area contributed by atoms with E-state index in [2.05, 4.69) is 4.74 Å². The molecule has 0 radical (unpaired) electrons. The zero-order valence-corrected chi connectivity index (χ0v) is 12.1. The Labute approximate surface area is 124 Å². The minimum absolute atomic E-state index is 0.0702. The largest absolute Gasteiger partial charge is 0.467 e. The van der Waals surface area contributed by atoms with Gasteiger partial charge in [-0.25, -0.2) is 9.18 Å². The molecule has 110 valence electrons. The van der Waals surface area contributed by atoms with Gasteiger partial charge in [-0.1, -0.05) is 18.2 Å². The van der Waals surface area contributed by atoms with Crippen molar-refractivity contribution in [1.29, 1.82) is 0 Å². The molecule has 7 heteroatoms. The van der Waals surface area contributed by atoms with E-state index in [4.69, 9.17) is 0 Å². The number of hydrogen-bond acceptors (Lipinski definition) is 5. The van der Waals surface area contributed by atoms with Crippen molar-refractivity contribution in [3.63, 3.8) is 0 Å². The smallest absolute Gasteiger partial charge is 0.328 e. The molecule has 0 aliphatic carbocycles. The van der Waals surface area contributed by atoms with E-state index in [1.54, 1.807) is 6.07 Å². The number of esters is 1. The van der Waals surface area contributed by atoms with Gasteiger partial charge in [-0.2, -0.15) is 0 Å². The van der Waals surface area contributed by atoms with E-state index in [1.807, 2.05) is 0 Å². The quantitative estimate of drug-likeness (QED) is 0.634. The summed E-state index contributed by atoms with van der Waals surface area (Å²) in [7, 11) is 1.17. The van der Waals surface area contributed by atoms with Gasteiger partial charge in [-0.15, -0.1) is 0 Å². The molecule has 1 aromatic carbocycles. The maximum absolute atomic E-state index is 13.6. The fourth-order valence-corrected chi connectivity index (χ4v) is 2.72. The van der Waals surface area contributed by atoms with E-state index >= 15 is 0 Å². The highest BCUT2D eigenvalue weighted by Crippen LogP contribution is 2.34. The Hall–Kier alpha value is -2.15. The second kappa shape index (κ2) is 6.09. The lowest BCUT2D eigenvalue weighted by Crippen LogP contribution is -2.42. The average Bonchev–Trinajstić information content (AvgIpc) is 2.74. The van der Waals surface area contributed by atoms with Crippen molar-refractivity contribution < 1.29 is 23.5 Å². The Bertz CT molecular complexity index is 644. The van der Waals surface area contributed by atoms with Crippen LogP contribution in [0.2, 0.25) is 0 Å². The van der Waals surface area contributed by atoms with E-state index in [1.165, 1.54) is 38.3 Å². The summed E-state index contributed by atoms with van der Waals surface area (Å²) >= 11 is 0.666. The molecular formula is C14H12FNO4S. The summed E-state index contributed by atoms with van der Waals surface area (Å²) in [6, 6.07) is 4.88. The number of rotatable bonds is 3. The maximum Gasteiger partial charge on any atom is 0.328 e. The van der Waals surface area contributed by atoms with Crippen LogP contribution in [0.4, 0.5) is 9.18 Å². The Morgan fingerprint density at radius 2 is 2.05 bits per heavy atom. The normalized spacial score (nSPS) is 18.2. The zero-order chi connectivity index (χ0) is 15.6. The van der Waals surface area contributed by atoms with Gasteiger partial charge < -0.3 is 4.74 Å². The predicted molar refractivity (Wildman–Crippen MR) is 75.7 cm³/mol. The number of carbonyl (C=O) groups excluding carboxylic acids is 3. The van der Waals surface area contributed by atoms with E-state index < -0.39 is 29.0 Å². The van der Waals surface area contributed by atoms with Crippen molar-refractivity contribution in [3.8, 4) is 0 Å². The van der Waals surface area contributed by atoms with E-state index in [0.717, 1.165) is 4.90 Å². The Kier molecular flexibility index (Phi) is 4.42. The molecule has 1 unspecified atom stereocenters. The summed E-state index contributed by atoms with van der Waals surface area (Å²) in [6.45, 7) is 1.40. The summed E-state index contributed by atoms with van der Waals surface area (Å²) in [4.78, 5) is 36.4. The third-order valence-corrected chi connectivity index (χ3v) is 3.83. The lowest BCUT2D eigenvalue weighted by Gasteiger charge is -2.18. The molecule has 1 fully saturated rings. The molecule has 0 aromatic heterocycles. The molecule has 0 bridgehead atoms. The van der Waals surface area contributed by atoms with E-state index in [-0.39, 0.29) is 10.5 Å². The van der Waals surface area contributed by atoms with Crippen LogP contribution in [0.3, 0.4) is 0 Å². The first-order valence-corrected chi connectivity index (χ1v) is 6.86. The number of amides is 2. The first kappa shape index (κ1) is 15.2. The second-order valence-corrected chi connectivity index (χ2v) is 5.27. The van der Waals surface area contributed by atoms with Crippen LogP contribution in [0.25, 0.3) is 6.08 Å². The molecule has 2 amide bonds. The molecule has 5 nitrogen and oxygen atoms in total. The van der Waals surface area contributed by atoms with Gasteiger partial charge in [0.15, 0.2) is 0 Å². The second-order valence-electron chi connectivity index (χ2n) is 4.27. The minimum atomic E-state index is -1.02. The Morgan fingerprint density at radius 1 is 1.38 bits per heavy atom. The van der Waals surface area contributed by atoms with Gasteiger partial charge in [-0.3, -0.25) is 14.5 Å². The molecule has 2 rings (SSSR count). The third-order valence-electron chi connectivity index (χ3n) is 2.94. The molecule has 1 saturated heterocycles. The topological polar surface area (TPSA) is 63.7 Å². The van der Waals surface area contributed by atoms with Crippen LogP contribution in [0, 0.1) is 5.82 Å². The number of imide groups is 1. The number of carbonyl (C=O) groups is 3. The van der Waals surface area contributed by atoms with Gasteiger partial charge in [0, 0.05) is 5.56 Å². The summed E-state index contributed by atoms with van der Waals surface area (Å²) in [5.74, 6) is -1.82. The number of halogens is 1. The van der Waals surface area contributed by atoms with Crippen LogP contribution in [0.1, 0.15) is 12.5 Å². The number of nitrogens with zero attached hydrogens (tertiary/aromatic N) is 1. The van der Waals surface area contributed by atoms with Gasteiger partial charge in [0.25, 0.3) is 11.1 Å². The first-order valence-electron chi connectivity index (χ1n) is 6.05. The minimum Gasteiger partial charge on any atom is -0.467 e. The number of methoxy groups -OCH3 is 1. The van der Waals surface area contributed by atoms with Crippen molar-refractivity contribution in [2.24, 2.45) is 0 Å². The van der Waals surface area contributed by atoms with Gasteiger partial charge in [0.1, 0.15) is 11.9 Å². The van der Waals surface area contributed by atoms with Crippen molar-refractivity contribution in [2.45, 2.75) is 13.0 Å². The zero-order valence-electron chi connectivity index (χ0n) is 11.3. The van der Waals surface area contributed by atoms with Crippen LogP contribution >= 0.6 is 11.8 Å². The maximum atomic E-state index is 13.6. The van der Waals surface area contributed by atoms with Gasteiger partial charge >= 0.3 is 5.97 Å². The lowest BCUT2D eigenvalue weighted by molar-refractivity contribution is -0.148. The van der Waals surface area contributed by atoms with Crippen LogP contribution in [0.5, 0.6) is 0 Å². The molecule has 1 aromatic rings. The average molecular weight is 309 g/mol. The molecule has 1 aliphatic rings. The number of ether oxygens (including phenoxy) is 1. The third kappa shape index (κ3) is 2.97. The molecular weight excluding hydrogens is 297 g/mol. The Morgan fingerprint density at radius 3 is 2.67 bits per heavy atom. The summed E-state index contributed by atoms with van der Waals surface area (Å²) < 4.78 is 18.1. The molecule has 0 spiro atoms. The molecule has 1 aliphatic heterocycles. The van der Waals surface area contributed by atoms with E-state index in [9.17, 15) is 18.8 Å². The lowest BCUT2D eigenvalue weighted by atomic mass is 10.2. The highest BCUT2D eigenvalue weighted by molar-refractivity contribution is 8.18. The highest BCUT2D eigenvalue weighted by atomic mass is 32.2. The molecule has 0 N–H and O–H groups in total. The SMILES string of the molecule is COC(=O)C(C)N1C(=O)S/C(=C/c2ccccc2F)C1=O. The Balaban J connectivity index is 2.30. The summed E-state index contributed by atoms with van der Waals surface area (Å²) in [5.41, 5.74) is 0.203. The van der Waals surface area contributed by atoms with Crippen molar-refractivity contribution >= 4 is 35.0 Å². The fourth-order valence-electron chi connectivity index (χ4n) is 1.82. The summed E-state index contributed by atoms with van der Waals surface area (Å²) in [5, 5.41) is -0.583. The first-order chi connectivity index (χ1) is 9.95. The standard InChI is InChI=1S/C14H12FNO4S/c1-8(13(18)20-2)16-12(17)11(21-14(16)19)7-9-5-3-4-6-10(9)15/h3-8H,1-2H3/b11-7+. The van der Waals surface area contributed by atoms with Gasteiger partial charge in [0.05, 0.1) is 12.0 Å². The molecule has 1 atom stereocenters. The molecule has 0 saturated carbocycles. The predicted octanol–water partition coefficient (Wildman–Crippen LogP) is 2.42.